The van der Waals surface area contributed by atoms with E-state index in [1.165, 1.54) is 32.1 Å². The van der Waals surface area contributed by atoms with Gasteiger partial charge in [-0.2, -0.15) is 0 Å². The zero-order valence-corrected chi connectivity index (χ0v) is 16.4. The van der Waals surface area contributed by atoms with E-state index in [1.807, 2.05) is 12.1 Å². The quantitative estimate of drug-likeness (QED) is 0.708. The summed E-state index contributed by atoms with van der Waals surface area (Å²) in [7, 11) is 0. The van der Waals surface area contributed by atoms with Gasteiger partial charge in [-0.05, 0) is 37.8 Å². The lowest BCUT2D eigenvalue weighted by Crippen LogP contribution is -2.25. The summed E-state index contributed by atoms with van der Waals surface area (Å²) >= 11 is 0. The summed E-state index contributed by atoms with van der Waals surface area (Å²) in [6.45, 7) is 0. The van der Waals surface area contributed by atoms with Gasteiger partial charge in [-0.15, -0.1) is 0 Å². The second-order valence-corrected chi connectivity index (χ2v) is 8.22. The molecular weight excluding hydrogens is 338 g/mol. The molecule has 0 saturated heterocycles. The van der Waals surface area contributed by atoms with Crippen molar-refractivity contribution in [2.45, 2.75) is 89.6 Å². The third-order valence-electron chi connectivity index (χ3n) is 6.15. The van der Waals surface area contributed by atoms with Crippen molar-refractivity contribution in [3.05, 3.63) is 24.5 Å². The maximum Gasteiger partial charge on any atom is 0.136 e. The van der Waals surface area contributed by atoms with Crippen LogP contribution in [0.3, 0.4) is 0 Å². The maximum atomic E-state index is 12.9. The Kier molecular flexibility index (Phi) is 7.85. The second kappa shape index (κ2) is 10.6. The minimum atomic E-state index is -0.144. The summed E-state index contributed by atoms with van der Waals surface area (Å²) in [4.78, 5) is 29.7. The Hall–Kier alpha value is -1.71. The highest BCUT2D eigenvalue weighted by atomic mass is 16.5. The van der Waals surface area contributed by atoms with Crippen LogP contribution in [0.5, 0.6) is 5.75 Å². The largest absolute Gasteiger partial charge is 0.490 e. The van der Waals surface area contributed by atoms with E-state index in [2.05, 4.69) is 4.98 Å². The van der Waals surface area contributed by atoms with Crippen molar-refractivity contribution in [1.82, 2.24) is 4.98 Å². The first kappa shape index (κ1) is 20.0. The molecule has 148 valence electrons. The third-order valence-corrected chi connectivity index (χ3v) is 6.15. The molecule has 4 heteroatoms. The first-order chi connectivity index (χ1) is 13.2. The van der Waals surface area contributed by atoms with Crippen molar-refractivity contribution in [2.24, 2.45) is 11.8 Å². The number of ketones is 2. The molecule has 2 aliphatic rings. The van der Waals surface area contributed by atoms with Gasteiger partial charge in [-0.1, -0.05) is 44.9 Å². The predicted molar refractivity (Wildman–Crippen MR) is 106 cm³/mol. The van der Waals surface area contributed by atoms with E-state index in [-0.39, 0.29) is 29.5 Å². The van der Waals surface area contributed by atoms with Crippen LogP contribution in [0.4, 0.5) is 0 Å². The van der Waals surface area contributed by atoms with Gasteiger partial charge in [-0.25, -0.2) is 0 Å². The number of aromatic nitrogens is 1. The van der Waals surface area contributed by atoms with Gasteiger partial charge in [0.05, 0.1) is 0 Å². The fourth-order valence-electron chi connectivity index (χ4n) is 4.62. The number of hydrogen-bond donors (Lipinski definition) is 0. The average Bonchev–Trinajstić information content (AvgIpc) is 3.10. The normalized spacial score (nSPS) is 28.8. The molecule has 2 saturated carbocycles. The number of nitrogens with zero attached hydrogens (tertiary/aromatic N) is 1. The Balaban J connectivity index is 1.64. The molecule has 0 amide bonds. The lowest BCUT2D eigenvalue weighted by atomic mass is 9.85. The maximum absolute atomic E-state index is 12.9. The molecule has 2 aliphatic carbocycles. The van der Waals surface area contributed by atoms with Crippen molar-refractivity contribution in [3.63, 3.8) is 0 Å². The number of pyridine rings is 1. The van der Waals surface area contributed by atoms with Crippen molar-refractivity contribution in [1.29, 1.82) is 0 Å². The summed E-state index contributed by atoms with van der Waals surface area (Å²) in [5, 5.41) is 0. The van der Waals surface area contributed by atoms with Crippen LogP contribution < -0.4 is 4.74 Å². The Bertz CT molecular complexity index is 569. The molecule has 0 bridgehead atoms. The van der Waals surface area contributed by atoms with Crippen molar-refractivity contribution < 1.29 is 14.3 Å². The summed E-state index contributed by atoms with van der Waals surface area (Å²) in [6, 6.07) is 3.68. The molecule has 0 N–H and O–H groups in total. The van der Waals surface area contributed by atoms with Crippen molar-refractivity contribution in [3.8, 4) is 5.75 Å². The standard InChI is InChI=1S/C23H33NO3/c25-22-10-8-6-4-2-1-3-5-7-9-11-23(26)21-17-19(16-20(21)22)27-18-12-14-24-15-13-18/h12-15,19-21H,1-11,16-17H2. The molecule has 3 rings (SSSR count). The first-order valence-electron chi connectivity index (χ1n) is 10.9. The van der Waals surface area contributed by atoms with Crippen LogP contribution in [0.1, 0.15) is 83.5 Å². The van der Waals surface area contributed by atoms with E-state index in [0.29, 0.717) is 25.7 Å². The molecule has 0 aliphatic heterocycles. The van der Waals surface area contributed by atoms with Crippen LogP contribution in [0.2, 0.25) is 0 Å². The zero-order valence-electron chi connectivity index (χ0n) is 16.4. The molecule has 2 unspecified atom stereocenters. The van der Waals surface area contributed by atoms with E-state index in [4.69, 9.17) is 4.74 Å². The Morgan fingerprint density at radius 3 is 1.63 bits per heavy atom. The van der Waals surface area contributed by atoms with Gasteiger partial charge in [-0.3, -0.25) is 14.6 Å². The summed E-state index contributed by atoms with van der Waals surface area (Å²) in [6.07, 6.45) is 16.5. The smallest absolute Gasteiger partial charge is 0.136 e. The fraction of sp³-hybridized carbons (Fsp3) is 0.696. The van der Waals surface area contributed by atoms with Crippen LogP contribution in [0.25, 0.3) is 0 Å². The van der Waals surface area contributed by atoms with E-state index >= 15 is 0 Å². The number of carbonyl (C=O) groups excluding carboxylic acids is 2. The van der Waals surface area contributed by atoms with E-state index in [0.717, 1.165) is 31.4 Å². The average molecular weight is 372 g/mol. The molecule has 2 atom stereocenters. The number of hydrogen-bond acceptors (Lipinski definition) is 4. The lowest BCUT2D eigenvalue weighted by molar-refractivity contribution is -0.131. The predicted octanol–water partition coefficient (Wildman–Crippen LogP) is 5.30. The molecule has 1 heterocycles. The van der Waals surface area contributed by atoms with Gasteiger partial charge in [0, 0.05) is 37.1 Å². The van der Waals surface area contributed by atoms with Crippen molar-refractivity contribution in [2.75, 3.05) is 0 Å². The molecule has 1 aromatic heterocycles. The highest BCUT2D eigenvalue weighted by Gasteiger charge is 2.42. The SMILES string of the molecule is O=C1CCCCCCCCCCCC(=O)C2CC(Oc3ccncc3)CC12. The van der Waals surface area contributed by atoms with Gasteiger partial charge in [0.1, 0.15) is 23.4 Å². The van der Waals surface area contributed by atoms with E-state index in [1.54, 1.807) is 12.4 Å². The van der Waals surface area contributed by atoms with Gasteiger partial charge < -0.3 is 4.74 Å². The molecule has 0 spiro atoms. The molecule has 0 aromatic carbocycles. The van der Waals surface area contributed by atoms with Crippen LogP contribution in [-0.4, -0.2) is 22.7 Å². The number of rotatable bonds is 2. The second-order valence-electron chi connectivity index (χ2n) is 8.22. The summed E-state index contributed by atoms with van der Waals surface area (Å²) in [5.41, 5.74) is 0. The first-order valence-corrected chi connectivity index (χ1v) is 10.9. The fourth-order valence-corrected chi connectivity index (χ4v) is 4.62. The number of fused-ring (bicyclic) bond motifs is 1. The van der Waals surface area contributed by atoms with Gasteiger partial charge in [0.15, 0.2) is 0 Å². The molecule has 1 aromatic rings. The Morgan fingerprint density at radius 1 is 0.704 bits per heavy atom. The number of carbonyl (C=O) groups is 2. The number of Topliss-reactive ketones (excluding diaryl/α,β-unsaturated/α-hetero) is 2. The molecule has 0 radical (unpaired) electrons. The molecule has 27 heavy (non-hydrogen) atoms. The summed E-state index contributed by atoms with van der Waals surface area (Å²) < 4.78 is 6.07. The zero-order chi connectivity index (χ0) is 18.9. The minimum Gasteiger partial charge on any atom is -0.490 e. The van der Waals surface area contributed by atoms with Crippen LogP contribution in [-0.2, 0) is 9.59 Å². The molecule has 2 fully saturated rings. The topological polar surface area (TPSA) is 56.3 Å². The monoisotopic (exact) mass is 371 g/mol. The third kappa shape index (κ3) is 6.15. The highest BCUT2D eigenvalue weighted by Crippen LogP contribution is 2.38. The minimum absolute atomic E-state index is 0.0471. The van der Waals surface area contributed by atoms with Gasteiger partial charge >= 0.3 is 0 Å². The highest BCUT2D eigenvalue weighted by molar-refractivity contribution is 5.90. The van der Waals surface area contributed by atoms with Crippen LogP contribution in [0, 0.1) is 11.8 Å². The lowest BCUT2D eigenvalue weighted by Gasteiger charge is -2.17. The van der Waals surface area contributed by atoms with Gasteiger partial charge in [0.2, 0.25) is 0 Å². The number of ether oxygens (including phenoxy) is 1. The Labute approximate surface area is 163 Å². The Morgan fingerprint density at radius 2 is 1.15 bits per heavy atom. The van der Waals surface area contributed by atoms with E-state index in [9.17, 15) is 9.59 Å². The van der Waals surface area contributed by atoms with Gasteiger partial charge in [0.25, 0.3) is 0 Å². The molecular formula is C23H33NO3. The van der Waals surface area contributed by atoms with E-state index < -0.39 is 0 Å². The summed E-state index contributed by atoms with van der Waals surface area (Å²) in [5.74, 6) is 1.05. The van der Waals surface area contributed by atoms with Crippen LogP contribution >= 0.6 is 0 Å². The molecule has 4 nitrogen and oxygen atoms in total. The van der Waals surface area contributed by atoms with Crippen LogP contribution in [0.15, 0.2) is 24.5 Å². The van der Waals surface area contributed by atoms with Crippen molar-refractivity contribution >= 4 is 11.6 Å².